The van der Waals surface area contributed by atoms with Crippen LogP contribution in [0.4, 0.5) is 16.2 Å². The van der Waals surface area contributed by atoms with Crippen molar-refractivity contribution in [1.29, 1.82) is 0 Å². The quantitative estimate of drug-likeness (QED) is 0.630. The fourth-order valence-electron chi connectivity index (χ4n) is 2.04. The zero-order chi connectivity index (χ0) is 17.7. The minimum Gasteiger partial charge on any atom is -0.354 e. The van der Waals surface area contributed by atoms with Crippen LogP contribution < -0.4 is 34.2 Å². The molecule has 1 heterocycles. The van der Waals surface area contributed by atoms with Crippen molar-refractivity contribution >= 4 is 27.4 Å². The number of amides is 2. The molecule has 2 rings (SSSR count). The van der Waals surface area contributed by atoms with E-state index < -0.39 is 16.1 Å². The molecular weight excluding hydrogens is 335 g/mol. The van der Waals surface area contributed by atoms with Gasteiger partial charge in [0, 0.05) is 24.1 Å². The van der Waals surface area contributed by atoms with Crippen LogP contribution in [0.25, 0.3) is 0 Å². The van der Waals surface area contributed by atoms with Crippen LogP contribution in [-0.4, -0.2) is 25.5 Å². The number of rotatable bonds is 5. The summed E-state index contributed by atoms with van der Waals surface area (Å²) in [7, 11) is -4.05. The summed E-state index contributed by atoms with van der Waals surface area (Å²) >= 11 is 0. The third kappa shape index (κ3) is 6.09. The van der Waals surface area contributed by atoms with Gasteiger partial charge in [0.15, 0.2) is 0 Å². The molecule has 25 heavy (non-hydrogen) atoms. The number of aromatic nitrogens is 1. The zero-order valence-electron chi connectivity index (χ0n) is 14.7. The molecule has 0 saturated carbocycles. The van der Waals surface area contributed by atoms with Crippen LogP contribution >= 0.6 is 0 Å². The van der Waals surface area contributed by atoms with E-state index in [0.29, 0.717) is 5.69 Å². The van der Waals surface area contributed by atoms with Gasteiger partial charge in [0.2, 0.25) is 0 Å². The Balaban J connectivity index is 0.00000312. The monoisotopic (exact) mass is 355 g/mol. The molecule has 0 saturated heterocycles. The second-order valence-electron chi connectivity index (χ2n) is 5.60. The number of nitrogens with one attached hydrogen (secondary N) is 3. The number of sulfonamides is 1. The fourth-order valence-corrected chi connectivity index (χ4v) is 3.07. The van der Waals surface area contributed by atoms with Gasteiger partial charge >= 0.3 is 24.9 Å². The Bertz CT molecular complexity index is 841. The first-order valence-corrected chi connectivity index (χ1v) is 8.87. The molecule has 7 nitrogen and oxygen atoms in total. The van der Waals surface area contributed by atoms with Gasteiger partial charge in [0.1, 0.15) is 4.90 Å². The summed E-state index contributed by atoms with van der Waals surface area (Å²) < 4.78 is 26.9. The second kappa shape index (κ2) is 8.90. The van der Waals surface area contributed by atoms with Crippen LogP contribution in [-0.2, 0) is 10.0 Å². The Hall–Kier alpha value is -2.01. The van der Waals surface area contributed by atoms with Crippen LogP contribution in [0.15, 0.2) is 47.6 Å². The number of carbonyl (C=O) groups excluding carboxylic acids is 1. The molecule has 2 amide bonds. The normalized spacial score (nSPS) is 10.7. The molecule has 2 aromatic rings. The first kappa shape index (κ1) is 21.0. The standard InChI is InChI=1S/C16H20N4O3S.Li/c1-11(2)18-16(21)20-24(22,23)15-10-17-8-7-14(15)19-13-6-4-5-12(3)9-13;/h4-11H,1-3H3,(H,17,19)(H2,18,20,21);/q;+1. The van der Waals surface area contributed by atoms with E-state index in [1.54, 1.807) is 13.8 Å². The molecule has 128 valence electrons. The minimum absolute atomic E-state index is 0. The van der Waals surface area contributed by atoms with Crippen molar-refractivity contribution in [3.8, 4) is 0 Å². The third-order valence-corrected chi connectivity index (χ3v) is 4.38. The van der Waals surface area contributed by atoms with Crippen molar-refractivity contribution in [2.75, 3.05) is 5.32 Å². The first-order chi connectivity index (χ1) is 11.3. The third-order valence-electron chi connectivity index (χ3n) is 3.02. The maximum atomic E-state index is 12.5. The van der Waals surface area contributed by atoms with E-state index in [1.165, 1.54) is 18.5 Å². The van der Waals surface area contributed by atoms with Gasteiger partial charge in [-0.3, -0.25) is 4.98 Å². The summed E-state index contributed by atoms with van der Waals surface area (Å²) in [6.45, 7) is 5.41. The number of hydrogen-bond donors (Lipinski definition) is 3. The zero-order valence-corrected chi connectivity index (χ0v) is 15.5. The molecule has 3 N–H and O–H groups in total. The first-order valence-electron chi connectivity index (χ1n) is 7.39. The molecule has 0 fully saturated rings. The predicted molar refractivity (Wildman–Crippen MR) is 92.7 cm³/mol. The van der Waals surface area contributed by atoms with Crippen LogP contribution in [0, 0.1) is 6.92 Å². The van der Waals surface area contributed by atoms with Gasteiger partial charge in [-0.05, 0) is 44.5 Å². The number of carbonyl (C=O) groups is 1. The molecule has 0 spiro atoms. The second-order valence-corrected chi connectivity index (χ2v) is 7.25. The van der Waals surface area contributed by atoms with Crippen molar-refractivity contribution in [3.63, 3.8) is 0 Å². The van der Waals surface area contributed by atoms with Crippen molar-refractivity contribution in [3.05, 3.63) is 48.3 Å². The molecule has 1 aromatic carbocycles. The molecule has 0 aliphatic carbocycles. The SMILES string of the molecule is Cc1cccc(Nc2ccncc2S(=O)(=O)NC(=O)NC(C)C)c1.[Li+]. The Morgan fingerprint density at radius 2 is 1.92 bits per heavy atom. The Morgan fingerprint density at radius 1 is 1.20 bits per heavy atom. The van der Waals surface area contributed by atoms with Gasteiger partial charge < -0.3 is 10.6 Å². The summed E-state index contributed by atoms with van der Waals surface area (Å²) in [6.07, 6.45) is 2.68. The Morgan fingerprint density at radius 3 is 2.56 bits per heavy atom. The van der Waals surface area contributed by atoms with E-state index in [4.69, 9.17) is 0 Å². The van der Waals surface area contributed by atoms with E-state index in [2.05, 4.69) is 15.6 Å². The van der Waals surface area contributed by atoms with Crippen molar-refractivity contribution < 1.29 is 32.1 Å². The van der Waals surface area contributed by atoms with Gasteiger partial charge in [-0.25, -0.2) is 17.9 Å². The molecule has 0 atom stereocenters. The number of anilines is 2. The summed E-state index contributed by atoms with van der Waals surface area (Å²) in [4.78, 5) is 15.5. The van der Waals surface area contributed by atoms with Gasteiger partial charge in [-0.2, -0.15) is 0 Å². The van der Waals surface area contributed by atoms with Gasteiger partial charge in [-0.15, -0.1) is 0 Å². The number of benzene rings is 1. The molecule has 0 aliphatic rings. The van der Waals surface area contributed by atoms with E-state index in [0.717, 1.165) is 11.3 Å². The number of aryl methyl sites for hydroxylation is 1. The summed E-state index contributed by atoms with van der Waals surface area (Å²) in [5, 5.41) is 5.52. The largest absolute Gasteiger partial charge is 1.00 e. The maximum absolute atomic E-state index is 12.5. The Labute approximate surface area is 159 Å². The molecule has 0 bridgehead atoms. The number of nitrogens with zero attached hydrogens (tertiary/aromatic N) is 1. The van der Waals surface area contributed by atoms with Crippen molar-refractivity contribution in [2.45, 2.75) is 31.7 Å². The molecule has 1 aromatic heterocycles. The molecule has 9 heteroatoms. The average molecular weight is 355 g/mol. The van der Waals surface area contributed by atoms with E-state index in [-0.39, 0.29) is 29.8 Å². The van der Waals surface area contributed by atoms with Crippen LogP contribution in [0.3, 0.4) is 0 Å². The maximum Gasteiger partial charge on any atom is 1.00 e. The summed E-state index contributed by atoms with van der Waals surface area (Å²) in [6, 6.07) is 8.08. The smallest absolute Gasteiger partial charge is 0.354 e. The molecule has 0 unspecified atom stereocenters. The fraction of sp³-hybridized carbons (Fsp3) is 0.250. The average Bonchev–Trinajstić information content (AvgIpc) is 2.46. The molecule has 0 aliphatic heterocycles. The predicted octanol–water partition coefficient (Wildman–Crippen LogP) is -0.466. The Kier molecular flexibility index (Phi) is 7.49. The molecular formula is C16H20LiN4O3S+. The van der Waals surface area contributed by atoms with E-state index >= 15 is 0 Å². The topological polar surface area (TPSA) is 100 Å². The summed E-state index contributed by atoms with van der Waals surface area (Å²) in [5.41, 5.74) is 2.11. The van der Waals surface area contributed by atoms with E-state index in [1.807, 2.05) is 35.9 Å². The minimum atomic E-state index is -4.05. The van der Waals surface area contributed by atoms with Crippen LogP contribution in [0.1, 0.15) is 19.4 Å². The summed E-state index contributed by atoms with van der Waals surface area (Å²) in [5.74, 6) is 0. The van der Waals surface area contributed by atoms with Crippen LogP contribution in [0.2, 0.25) is 0 Å². The van der Waals surface area contributed by atoms with Gasteiger partial charge in [-0.1, -0.05) is 12.1 Å². The molecule has 0 radical (unpaired) electrons. The number of pyridine rings is 1. The van der Waals surface area contributed by atoms with E-state index in [9.17, 15) is 13.2 Å². The van der Waals surface area contributed by atoms with Crippen molar-refractivity contribution in [1.82, 2.24) is 15.0 Å². The number of urea groups is 1. The van der Waals surface area contributed by atoms with Gasteiger partial charge in [0.25, 0.3) is 10.0 Å². The van der Waals surface area contributed by atoms with Gasteiger partial charge in [0.05, 0.1) is 5.69 Å². The van der Waals surface area contributed by atoms with Crippen molar-refractivity contribution in [2.24, 2.45) is 0 Å². The van der Waals surface area contributed by atoms with Crippen LogP contribution in [0.5, 0.6) is 0 Å². The number of hydrogen-bond acceptors (Lipinski definition) is 5.